The van der Waals surface area contributed by atoms with E-state index in [0.717, 1.165) is 10.2 Å². The molecule has 0 spiro atoms. The van der Waals surface area contributed by atoms with Crippen LogP contribution in [0.2, 0.25) is 0 Å². The van der Waals surface area contributed by atoms with Crippen molar-refractivity contribution >= 4 is 38.5 Å². The van der Waals surface area contributed by atoms with Crippen molar-refractivity contribution in [2.75, 3.05) is 0 Å². The predicted molar refractivity (Wildman–Crippen MR) is 108 cm³/mol. The molecule has 0 unspecified atom stereocenters. The van der Waals surface area contributed by atoms with Gasteiger partial charge >= 0.3 is 0 Å². The van der Waals surface area contributed by atoms with Crippen molar-refractivity contribution in [3.8, 4) is 16.9 Å². The molecule has 0 N–H and O–H groups in total. The molecule has 3 aromatic rings. The lowest BCUT2D eigenvalue weighted by Crippen LogP contribution is -1.97. The van der Waals surface area contributed by atoms with Gasteiger partial charge < -0.3 is 4.74 Å². The van der Waals surface area contributed by atoms with Gasteiger partial charge in [-0.3, -0.25) is 0 Å². The smallest absolute Gasteiger partial charge is 0.122 e. The van der Waals surface area contributed by atoms with E-state index in [-0.39, 0.29) is 0 Å². The highest BCUT2D eigenvalue weighted by molar-refractivity contribution is 14.1. The fraction of sp³-hybridized carbons (Fsp3) is 0.100. The van der Waals surface area contributed by atoms with Gasteiger partial charge in [-0.25, -0.2) is 0 Å². The molecule has 0 fully saturated rings. The van der Waals surface area contributed by atoms with Crippen LogP contribution < -0.4 is 4.74 Å². The largest absolute Gasteiger partial charge is 0.489 e. The maximum absolute atomic E-state index is 5.93. The lowest BCUT2D eigenvalue weighted by molar-refractivity contribution is 0.304. The highest BCUT2D eigenvalue weighted by Crippen LogP contribution is 2.24. The number of hydrogen-bond acceptors (Lipinski definition) is 1. The van der Waals surface area contributed by atoms with Crippen LogP contribution in [0.1, 0.15) is 11.1 Å². The van der Waals surface area contributed by atoms with Crippen molar-refractivity contribution in [1.29, 1.82) is 0 Å². The minimum absolute atomic E-state index is 0.585. The van der Waals surface area contributed by atoms with Crippen LogP contribution in [-0.2, 0) is 6.61 Å². The van der Waals surface area contributed by atoms with E-state index in [1.807, 2.05) is 6.07 Å². The summed E-state index contributed by atoms with van der Waals surface area (Å²) in [5, 5.41) is 0. The first kappa shape index (κ1) is 16.5. The molecular formula is C20H16BrIO. The SMILES string of the molecule is Cc1cc(I)ccc1OCc1ccc(-c2ccc(Br)cc2)cc1. The summed E-state index contributed by atoms with van der Waals surface area (Å²) in [5.74, 6) is 0.947. The number of hydrogen-bond donors (Lipinski definition) is 0. The summed E-state index contributed by atoms with van der Waals surface area (Å²) in [6, 6.07) is 23.1. The maximum Gasteiger partial charge on any atom is 0.122 e. The van der Waals surface area contributed by atoms with Gasteiger partial charge in [0.1, 0.15) is 12.4 Å². The second kappa shape index (κ2) is 7.49. The van der Waals surface area contributed by atoms with Crippen LogP contribution in [0, 0.1) is 10.5 Å². The molecule has 0 aliphatic heterocycles. The number of ether oxygens (including phenoxy) is 1. The second-order valence-corrected chi connectivity index (χ2v) is 7.56. The van der Waals surface area contributed by atoms with Crippen LogP contribution in [0.15, 0.2) is 71.2 Å². The zero-order valence-corrected chi connectivity index (χ0v) is 16.5. The topological polar surface area (TPSA) is 9.23 Å². The average molecular weight is 479 g/mol. The molecule has 3 heteroatoms. The Balaban J connectivity index is 1.69. The quantitative estimate of drug-likeness (QED) is 0.383. The van der Waals surface area contributed by atoms with E-state index in [1.165, 1.54) is 25.8 Å². The van der Waals surface area contributed by atoms with E-state index in [2.05, 4.69) is 106 Å². The van der Waals surface area contributed by atoms with E-state index >= 15 is 0 Å². The molecule has 0 saturated heterocycles. The first-order chi connectivity index (χ1) is 11.1. The maximum atomic E-state index is 5.93. The molecule has 0 bridgehead atoms. The van der Waals surface area contributed by atoms with Gasteiger partial charge in [0.2, 0.25) is 0 Å². The Morgan fingerprint density at radius 1 is 0.870 bits per heavy atom. The van der Waals surface area contributed by atoms with Crippen LogP contribution in [-0.4, -0.2) is 0 Å². The molecule has 0 aliphatic rings. The van der Waals surface area contributed by atoms with Crippen molar-refractivity contribution < 1.29 is 4.74 Å². The van der Waals surface area contributed by atoms with Crippen molar-refractivity contribution in [1.82, 2.24) is 0 Å². The van der Waals surface area contributed by atoms with Gasteiger partial charge in [-0.1, -0.05) is 52.3 Å². The normalized spacial score (nSPS) is 10.6. The van der Waals surface area contributed by atoms with Crippen molar-refractivity contribution in [3.05, 3.63) is 85.9 Å². The Labute approximate surface area is 159 Å². The Kier molecular flexibility index (Phi) is 5.38. The Bertz CT molecular complexity index is 795. The summed E-state index contributed by atoms with van der Waals surface area (Å²) in [7, 11) is 0. The number of aryl methyl sites for hydroxylation is 1. The Hall–Kier alpha value is -1.33. The van der Waals surface area contributed by atoms with E-state index in [4.69, 9.17) is 4.74 Å². The standard InChI is InChI=1S/C20H16BrIO/c1-14-12-19(22)10-11-20(14)23-13-15-2-4-16(5-3-15)17-6-8-18(21)9-7-17/h2-12H,13H2,1H3. The summed E-state index contributed by atoms with van der Waals surface area (Å²) < 4.78 is 8.25. The van der Waals surface area contributed by atoms with Crippen molar-refractivity contribution in [2.45, 2.75) is 13.5 Å². The lowest BCUT2D eigenvalue weighted by Gasteiger charge is -2.10. The first-order valence-electron chi connectivity index (χ1n) is 7.36. The highest BCUT2D eigenvalue weighted by Gasteiger charge is 2.02. The molecule has 23 heavy (non-hydrogen) atoms. The van der Waals surface area contributed by atoms with Gasteiger partial charge in [0.05, 0.1) is 0 Å². The molecule has 0 atom stereocenters. The highest BCUT2D eigenvalue weighted by atomic mass is 127. The number of rotatable bonds is 4. The zero-order chi connectivity index (χ0) is 16.2. The van der Waals surface area contributed by atoms with Crippen LogP contribution in [0.25, 0.3) is 11.1 Å². The summed E-state index contributed by atoms with van der Waals surface area (Å²) >= 11 is 5.78. The van der Waals surface area contributed by atoms with Crippen molar-refractivity contribution in [2.24, 2.45) is 0 Å². The molecule has 116 valence electrons. The Morgan fingerprint density at radius 3 is 2.09 bits per heavy atom. The molecule has 0 saturated carbocycles. The second-order valence-electron chi connectivity index (χ2n) is 5.40. The molecule has 0 radical (unpaired) electrons. The fourth-order valence-electron chi connectivity index (χ4n) is 2.37. The van der Waals surface area contributed by atoms with E-state index in [1.54, 1.807) is 0 Å². The monoisotopic (exact) mass is 478 g/mol. The summed E-state index contributed by atoms with van der Waals surface area (Å²) in [6.07, 6.45) is 0. The molecule has 3 aromatic carbocycles. The Morgan fingerprint density at radius 2 is 1.48 bits per heavy atom. The average Bonchev–Trinajstić information content (AvgIpc) is 2.55. The zero-order valence-electron chi connectivity index (χ0n) is 12.7. The van der Waals surface area contributed by atoms with Gasteiger partial charge in [-0.15, -0.1) is 0 Å². The van der Waals surface area contributed by atoms with Gasteiger partial charge in [0, 0.05) is 8.04 Å². The summed E-state index contributed by atoms with van der Waals surface area (Å²) in [4.78, 5) is 0. The predicted octanol–water partition coefficient (Wildman–Crippen LogP) is 6.61. The number of halogens is 2. The third-order valence-electron chi connectivity index (χ3n) is 3.66. The van der Waals surface area contributed by atoms with Gasteiger partial charge in [-0.05, 0) is 82.1 Å². The third kappa shape index (κ3) is 4.36. The lowest BCUT2D eigenvalue weighted by atomic mass is 10.0. The first-order valence-corrected chi connectivity index (χ1v) is 9.23. The molecule has 0 aliphatic carbocycles. The van der Waals surface area contributed by atoms with Gasteiger partial charge in [-0.2, -0.15) is 0 Å². The minimum atomic E-state index is 0.585. The van der Waals surface area contributed by atoms with Crippen LogP contribution in [0.4, 0.5) is 0 Å². The minimum Gasteiger partial charge on any atom is -0.489 e. The summed E-state index contributed by atoms with van der Waals surface area (Å²) in [6.45, 7) is 2.66. The third-order valence-corrected chi connectivity index (χ3v) is 4.86. The van der Waals surface area contributed by atoms with Gasteiger partial charge in [0.25, 0.3) is 0 Å². The van der Waals surface area contributed by atoms with E-state index in [0.29, 0.717) is 6.61 Å². The van der Waals surface area contributed by atoms with E-state index < -0.39 is 0 Å². The van der Waals surface area contributed by atoms with Crippen LogP contribution in [0.3, 0.4) is 0 Å². The van der Waals surface area contributed by atoms with Crippen molar-refractivity contribution in [3.63, 3.8) is 0 Å². The number of benzene rings is 3. The molecule has 0 heterocycles. The van der Waals surface area contributed by atoms with Crippen LogP contribution in [0.5, 0.6) is 5.75 Å². The van der Waals surface area contributed by atoms with Gasteiger partial charge in [0.15, 0.2) is 0 Å². The van der Waals surface area contributed by atoms with E-state index in [9.17, 15) is 0 Å². The molecule has 0 aromatic heterocycles. The fourth-order valence-corrected chi connectivity index (χ4v) is 3.28. The molecular weight excluding hydrogens is 463 g/mol. The summed E-state index contributed by atoms with van der Waals surface area (Å²) in [5.41, 5.74) is 4.77. The molecule has 1 nitrogen and oxygen atoms in total. The molecule has 3 rings (SSSR count). The molecule has 0 amide bonds. The van der Waals surface area contributed by atoms with Crippen LogP contribution >= 0.6 is 38.5 Å².